The molecule has 140 valence electrons. The number of carboxylic acids is 1. The predicted molar refractivity (Wildman–Crippen MR) is 85.8 cm³/mol. The first-order valence-electron chi connectivity index (χ1n) is 7.87. The number of aliphatic hydroxyl groups is 1. The van der Waals surface area contributed by atoms with E-state index in [0.717, 1.165) is 4.90 Å². The van der Waals surface area contributed by atoms with Crippen LogP contribution in [0.1, 0.15) is 30.4 Å². The lowest BCUT2D eigenvalue weighted by Crippen LogP contribution is -2.45. The van der Waals surface area contributed by atoms with Crippen molar-refractivity contribution in [3.8, 4) is 0 Å². The number of imide groups is 1. The second kappa shape index (κ2) is 8.50. The largest absolute Gasteiger partial charge is 0.480 e. The van der Waals surface area contributed by atoms with Crippen molar-refractivity contribution in [2.75, 3.05) is 6.61 Å². The summed E-state index contributed by atoms with van der Waals surface area (Å²) in [4.78, 5) is 45.8. The number of carbonyl (C=O) groups is 3. The molecule has 0 radical (unpaired) electrons. The quantitative estimate of drug-likeness (QED) is 0.279. The number of carboxylic acid groups (broad SMARTS) is 1. The van der Waals surface area contributed by atoms with Gasteiger partial charge in [0.1, 0.15) is 6.04 Å². The number of nitro groups is 1. The molecule has 2 N–H and O–H groups in total. The van der Waals surface area contributed by atoms with E-state index in [9.17, 15) is 29.6 Å². The molecule has 26 heavy (non-hydrogen) atoms. The number of nitro benzene ring substituents is 1. The molecule has 10 heteroatoms. The van der Waals surface area contributed by atoms with Gasteiger partial charge in [0.25, 0.3) is 5.69 Å². The molecule has 1 aromatic carbocycles. The minimum Gasteiger partial charge on any atom is -0.480 e. The van der Waals surface area contributed by atoms with Gasteiger partial charge < -0.3 is 14.9 Å². The fourth-order valence-electron chi connectivity index (χ4n) is 2.69. The van der Waals surface area contributed by atoms with Gasteiger partial charge in [-0.25, -0.2) is 4.79 Å². The van der Waals surface area contributed by atoms with Gasteiger partial charge in [0.05, 0.1) is 23.7 Å². The van der Waals surface area contributed by atoms with Crippen molar-refractivity contribution in [2.24, 2.45) is 0 Å². The van der Waals surface area contributed by atoms with E-state index in [-0.39, 0.29) is 43.7 Å². The highest BCUT2D eigenvalue weighted by atomic mass is 16.6. The zero-order valence-corrected chi connectivity index (χ0v) is 13.8. The molecular weight excluding hydrogens is 348 g/mol. The maximum atomic E-state index is 11.7. The van der Waals surface area contributed by atoms with Crippen molar-refractivity contribution in [1.29, 1.82) is 0 Å². The highest BCUT2D eigenvalue weighted by Crippen LogP contribution is 2.21. The van der Waals surface area contributed by atoms with Crippen molar-refractivity contribution in [3.63, 3.8) is 0 Å². The molecule has 1 aliphatic heterocycles. The van der Waals surface area contributed by atoms with E-state index >= 15 is 0 Å². The molecule has 1 fully saturated rings. The van der Waals surface area contributed by atoms with Crippen LogP contribution in [0.5, 0.6) is 0 Å². The Morgan fingerprint density at radius 2 is 1.96 bits per heavy atom. The lowest BCUT2D eigenvalue weighted by atomic mass is 10.1. The number of aliphatic carboxylic acids is 1. The summed E-state index contributed by atoms with van der Waals surface area (Å²) in [6, 6.07) is 2.95. The maximum absolute atomic E-state index is 11.7. The van der Waals surface area contributed by atoms with E-state index < -0.39 is 35.4 Å². The Kier molecular flexibility index (Phi) is 6.36. The second-order valence-electron chi connectivity index (χ2n) is 5.73. The number of amides is 2. The average Bonchev–Trinajstić information content (AvgIpc) is 2.93. The van der Waals surface area contributed by atoms with Crippen molar-refractivity contribution >= 4 is 23.5 Å². The first-order chi connectivity index (χ1) is 12.3. The Morgan fingerprint density at radius 1 is 1.31 bits per heavy atom. The van der Waals surface area contributed by atoms with Crippen molar-refractivity contribution < 1.29 is 34.3 Å². The first-order valence-corrected chi connectivity index (χ1v) is 7.87. The Hall–Kier alpha value is -2.85. The summed E-state index contributed by atoms with van der Waals surface area (Å²) >= 11 is 0. The van der Waals surface area contributed by atoms with Crippen LogP contribution in [0.3, 0.4) is 0 Å². The van der Waals surface area contributed by atoms with Crippen LogP contribution in [0.4, 0.5) is 5.69 Å². The third-order valence-electron chi connectivity index (χ3n) is 4.01. The zero-order valence-electron chi connectivity index (χ0n) is 13.8. The van der Waals surface area contributed by atoms with E-state index in [1.54, 1.807) is 6.07 Å². The molecule has 0 aromatic heterocycles. The Morgan fingerprint density at radius 3 is 2.50 bits per heavy atom. The zero-order chi connectivity index (χ0) is 19.3. The molecule has 1 unspecified atom stereocenters. The Labute approximate surface area is 148 Å². The van der Waals surface area contributed by atoms with Gasteiger partial charge in [-0.05, 0) is 11.6 Å². The van der Waals surface area contributed by atoms with Crippen LogP contribution in [0.2, 0.25) is 0 Å². The summed E-state index contributed by atoms with van der Waals surface area (Å²) < 4.78 is 5.34. The summed E-state index contributed by atoms with van der Waals surface area (Å²) in [5.41, 5.74) is 0.426. The number of carbonyl (C=O) groups excluding carboxylic acids is 2. The fourth-order valence-corrected chi connectivity index (χ4v) is 2.69. The fraction of sp³-hybridized carbons (Fsp3) is 0.438. The van der Waals surface area contributed by atoms with Gasteiger partial charge in [-0.2, -0.15) is 0 Å². The molecule has 1 heterocycles. The van der Waals surface area contributed by atoms with E-state index in [0.29, 0.717) is 5.56 Å². The van der Waals surface area contributed by atoms with E-state index in [1.165, 1.54) is 12.1 Å². The minimum atomic E-state index is -1.29. The van der Waals surface area contributed by atoms with Crippen LogP contribution in [0.15, 0.2) is 18.2 Å². The second-order valence-corrected chi connectivity index (χ2v) is 5.73. The topological polar surface area (TPSA) is 147 Å². The molecule has 1 aromatic rings. The van der Waals surface area contributed by atoms with Gasteiger partial charge >= 0.3 is 5.97 Å². The molecule has 10 nitrogen and oxygen atoms in total. The molecule has 2 amide bonds. The Bertz CT molecular complexity index is 717. The first kappa shape index (κ1) is 19.5. The molecule has 0 aliphatic carbocycles. The van der Waals surface area contributed by atoms with E-state index in [2.05, 4.69) is 0 Å². The average molecular weight is 366 g/mol. The summed E-state index contributed by atoms with van der Waals surface area (Å²) in [5.74, 6) is -2.32. The maximum Gasteiger partial charge on any atom is 0.327 e. The van der Waals surface area contributed by atoms with Gasteiger partial charge in [-0.1, -0.05) is 6.07 Å². The van der Waals surface area contributed by atoms with Gasteiger partial charge in [0, 0.05) is 31.9 Å². The van der Waals surface area contributed by atoms with Crippen LogP contribution >= 0.6 is 0 Å². The lowest BCUT2D eigenvalue weighted by molar-refractivity contribution is -0.385. The number of hydrogen-bond acceptors (Lipinski definition) is 7. The van der Waals surface area contributed by atoms with Crippen LogP contribution in [0, 0.1) is 10.1 Å². The van der Waals surface area contributed by atoms with Crippen molar-refractivity contribution in [1.82, 2.24) is 4.90 Å². The molecule has 0 saturated carbocycles. The van der Waals surface area contributed by atoms with Crippen LogP contribution in [-0.4, -0.2) is 50.5 Å². The smallest absolute Gasteiger partial charge is 0.327 e. The van der Waals surface area contributed by atoms with Gasteiger partial charge in [-0.15, -0.1) is 0 Å². The van der Waals surface area contributed by atoms with E-state index in [1.807, 2.05) is 0 Å². The number of hydrogen-bond donors (Lipinski definition) is 2. The highest BCUT2D eigenvalue weighted by molar-refractivity contribution is 6.04. The summed E-state index contributed by atoms with van der Waals surface area (Å²) in [6.07, 6.45) is -0.0711. The summed E-state index contributed by atoms with van der Waals surface area (Å²) in [7, 11) is 0. The summed E-state index contributed by atoms with van der Waals surface area (Å²) in [5, 5.41) is 29.3. The number of ether oxygens (including phenoxy) is 1. The predicted octanol–water partition coefficient (Wildman–Crippen LogP) is 0.596. The molecular formula is C16H18N2O8. The minimum absolute atomic E-state index is 0.00431. The molecule has 1 saturated heterocycles. The van der Waals surface area contributed by atoms with Gasteiger partial charge in [0.2, 0.25) is 11.8 Å². The van der Waals surface area contributed by atoms with Gasteiger partial charge in [-0.3, -0.25) is 24.6 Å². The summed E-state index contributed by atoms with van der Waals surface area (Å²) in [6.45, 7) is -0.528. The van der Waals surface area contributed by atoms with Crippen LogP contribution in [0.25, 0.3) is 0 Å². The number of rotatable bonds is 9. The molecule has 1 aliphatic rings. The third kappa shape index (κ3) is 4.41. The van der Waals surface area contributed by atoms with Crippen molar-refractivity contribution in [3.05, 3.63) is 39.4 Å². The highest BCUT2D eigenvalue weighted by Gasteiger charge is 2.38. The molecule has 0 bridgehead atoms. The number of nitrogens with zero attached hydrogens (tertiary/aromatic N) is 2. The van der Waals surface area contributed by atoms with Crippen molar-refractivity contribution in [2.45, 2.75) is 38.5 Å². The lowest BCUT2D eigenvalue weighted by Gasteiger charge is -2.22. The standard InChI is InChI=1S/C16H18N2O8/c19-8-11-2-1-10(7-13(11)18(24)25)9-26-6-5-12(16(22)23)17-14(20)3-4-15(17)21/h1-2,7,12,19H,3-6,8-9H2,(H,22,23). The SMILES string of the molecule is O=C(O)C(CCOCc1ccc(CO)c([N+](=O)[O-])c1)N1C(=O)CCC1=O. The number of aliphatic hydroxyl groups excluding tert-OH is 1. The number of benzene rings is 1. The Balaban J connectivity index is 1.93. The van der Waals surface area contributed by atoms with Gasteiger partial charge in [0.15, 0.2) is 0 Å². The molecule has 1 atom stereocenters. The number of likely N-dealkylation sites (tertiary alicyclic amines) is 1. The monoisotopic (exact) mass is 366 g/mol. The molecule has 0 spiro atoms. The van der Waals surface area contributed by atoms with Crippen LogP contribution < -0.4 is 0 Å². The normalized spacial score (nSPS) is 15.3. The molecule has 2 rings (SSSR count). The van der Waals surface area contributed by atoms with Crippen LogP contribution in [-0.2, 0) is 32.3 Å². The van der Waals surface area contributed by atoms with E-state index in [4.69, 9.17) is 9.84 Å². The third-order valence-corrected chi connectivity index (χ3v) is 4.01.